The Morgan fingerprint density at radius 3 is 0.864 bits per heavy atom. The van der Waals surface area contributed by atoms with Crippen molar-refractivity contribution >= 4 is 21.5 Å². The molecule has 0 saturated carbocycles. The van der Waals surface area contributed by atoms with Crippen molar-refractivity contribution in [2.75, 3.05) is 0 Å². The van der Waals surface area contributed by atoms with Gasteiger partial charge >= 0.3 is 147 Å². The Labute approximate surface area is 147 Å². The van der Waals surface area contributed by atoms with Gasteiger partial charge in [-0.05, 0) is 0 Å². The average Bonchev–Trinajstić information content (AvgIpc) is 2.49. The summed E-state index contributed by atoms with van der Waals surface area (Å²) in [6.07, 6.45) is 16.5. The van der Waals surface area contributed by atoms with Crippen LogP contribution in [0.4, 0.5) is 0 Å². The van der Waals surface area contributed by atoms with E-state index in [1.165, 1.54) is 97.9 Å². The molecule has 0 aromatic rings. The predicted molar refractivity (Wildman–Crippen MR) is 109 cm³/mol. The van der Waals surface area contributed by atoms with Gasteiger partial charge in [-0.3, -0.25) is 0 Å². The van der Waals surface area contributed by atoms with Crippen LogP contribution in [0.3, 0.4) is 0 Å². The Morgan fingerprint density at radius 2 is 0.682 bits per heavy atom. The van der Waals surface area contributed by atoms with Crippen LogP contribution in [0.5, 0.6) is 0 Å². The molecule has 0 aliphatic heterocycles. The molecule has 2 heteroatoms. The monoisotopic (exact) mass is 394 g/mol. The van der Waals surface area contributed by atoms with Crippen molar-refractivity contribution in [3.05, 3.63) is 0 Å². The van der Waals surface area contributed by atoms with Crippen LogP contribution in [0.2, 0.25) is 20.8 Å². The summed E-state index contributed by atoms with van der Waals surface area (Å²) < 4.78 is 0. The molecule has 0 nitrogen and oxygen atoms in total. The Balaban J connectivity index is 4.89. The van der Waals surface area contributed by atoms with E-state index < -0.39 is 11.5 Å². The van der Waals surface area contributed by atoms with Gasteiger partial charge in [0.05, 0.1) is 0 Å². The van der Waals surface area contributed by atoms with Crippen LogP contribution in [0, 0.1) is 0 Å². The molecule has 0 saturated heterocycles. The van der Waals surface area contributed by atoms with Crippen LogP contribution < -0.4 is 0 Å². The molecule has 0 aliphatic carbocycles. The van der Waals surface area contributed by atoms with Crippen molar-refractivity contribution in [2.24, 2.45) is 0 Å². The first-order chi connectivity index (χ1) is 10.5. The third-order valence-corrected chi connectivity index (χ3v) is 20.8. The van der Waals surface area contributed by atoms with Crippen molar-refractivity contribution in [3.8, 4) is 0 Å². The topological polar surface area (TPSA) is 0 Å². The SMILES string of the molecule is CCCCC[As](Cl)(CCCCC)(CCCCC)CCCCC. The fraction of sp³-hybridized carbons (Fsp3) is 1.00. The van der Waals surface area contributed by atoms with E-state index in [0.29, 0.717) is 0 Å². The second kappa shape index (κ2) is 13.2. The number of rotatable bonds is 16. The maximum atomic E-state index is 7.72. The molecule has 0 spiro atoms. The molecule has 22 heavy (non-hydrogen) atoms. The summed E-state index contributed by atoms with van der Waals surface area (Å²) in [4.78, 5) is 0. The fourth-order valence-electron chi connectivity index (χ4n) is 3.70. The van der Waals surface area contributed by atoms with E-state index in [9.17, 15) is 0 Å². The molecule has 0 radical (unpaired) electrons. The first kappa shape index (κ1) is 22.8. The quantitative estimate of drug-likeness (QED) is 0.181. The number of hydrogen-bond acceptors (Lipinski definition) is 0. The third-order valence-electron chi connectivity index (χ3n) is 5.28. The standard InChI is InChI=1S/C20H44AsCl/c1-5-9-13-17-21(22,18-14-10-6-2,19-15-11-7-3)20-16-12-8-4/h5-20H2,1-4H3. The zero-order valence-electron chi connectivity index (χ0n) is 16.1. The number of halogens is 1. The average molecular weight is 395 g/mol. The van der Waals surface area contributed by atoms with E-state index in [1.54, 1.807) is 0 Å². The van der Waals surface area contributed by atoms with Crippen LogP contribution in [0.25, 0.3) is 0 Å². The van der Waals surface area contributed by atoms with Gasteiger partial charge in [0.2, 0.25) is 0 Å². The van der Waals surface area contributed by atoms with Gasteiger partial charge in [-0.25, -0.2) is 0 Å². The predicted octanol–water partition coefficient (Wildman–Crippen LogP) is 8.89. The van der Waals surface area contributed by atoms with Gasteiger partial charge in [0.25, 0.3) is 0 Å². The van der Waals surface area contributed by atoms with Crippen LogP contribution in [0.15, 0.2) is 0 Å². The third kappa shape index (κ3) is 9.87. The van der Waals surface area contributed by atoms with E-state index in [1.807, 2.05) is 0 Å². The van der Waals surface area contributed by atoms with Crippen LogP contribution in [-0.4, -0.2) is 11.5 Å². The van der Waals surface area contributed by atoms with E-state index in [4.69, 9.17) is 9.95 Å². The summed E-state index contributed by atoms with van der Waals surface area (Å²) in [6.45, 7) is 9.28. The summed E-state index contributed by atoms with van der Waals surface area (Å²) >= 11 is -2.58. The second-order valence-corrected chi connectivity index (χ2v) is 23.9. The molecule has 0 N–H and O–H groups in total. The molecule has 0 bridgehead atoms. The summed E-state index contributed by atoms with van der Waals surface area (Å²) in [5.74, 6) is 0. The Morgan fingerprint density at radius 1 is 0.455 bits per heavy atom. The van der Waals surface area contributed by atoms with E-state index in [0.717, 1.165) is 0 Å². The van der Waals surface area contributed by atoms with E-state index in [-0.39, 0.29) is 0 Å². The first-order valence-electron chi connectivity index (χ1n) is 10.3. The van der Waals surface area contributed by atoms with Crippen molar-refractivity contribution in [3.63, 3.8) is 0 Å². The summed E-state index contributed by atoms with van der Waals surface area (Å²) in [5, 5.41) is 5.69. The molecular weight excluding hydrogens is 351 g/mol. The maximum absolute atomic E-state index is 7.72. The Bertz CT molecular complexity index is 201. The van der Waals surface area contributed by atoms with Gasteiger partial charge in [-0.2, -0.15) is 0 Å². The van der Waals surface area contributed by atoms with Gasteiger partial charge < -0.3 is 0 Å². The fourth-order valence-corrected chi connectivity index (χ4v) is 17.5. The second-order valence-electron chi connectivity index (χ2n) is 7.54. The van der Waals surface area contributed by atoms with Crippen molar-refractivity contribution in [1.29, 1.82) is 0 Å². The molecule has 136 valence electrons. The molecule has 0 fully saturated rings. The normalized spacial score (nSPS) is 14.0. The Kier molecular flexibility index (Phi) is 13.7. The molecule has 0 aromatic carbocycles. The van der Waals surface area contributed by atoms with Gasteiger partial charge in [0.1, 0.15) is 0 Å². The van der Waals surface area contributed by atoms with Crippen molar-refractivity contribution < 1.29 is 0 Å². The minimum absolute atomic E-state index is 1.33. The van der Waals surface area contributed by atoms with Gasteiger partial charge in [0, 0.05) is 0 Å². The Hall–Kier alpha value is 0.848. The molecule has 0 unspecified atom stereocenters. The summed E-state index contributed by atoms with van der Waals surface area (Å²) in [6, 6.07) is 0. The molecular formula is C20H44AsCl. The number of hydrogen-bond donors (Lipinski definition) is 0. The van der Waals surface area contributed by atoms with Gasteiger partial charge in [-0.15, -0.1) is 0 Å². The minimum atomic E-state index is -2.58. The summed E-state index contributed by atoms with van der Waals surface area (Å²) in [5.41, 5.74) is 0. The van der Waals surface area contributed by atoms with Crippen molar-refractivity contribution in [2.45, 2.75) is 126 Å². The first-order valence-corrected chi connectivity index (χ1v) is 18.0. The molecule has 0 aromatic heterocycles. The molecule has 0 atom stereocenters. The van der Waals surface area contributed by atoms with Crippen LogP contribution >= 0.6 is 9.95 Å². The van der Waals surface area contributed by atoms with Gasteiger partial charge in [-0.1, -0.05) is 0 Å². The number of unbranched alkanes of at least 4 members (excludes halogenated alkanes) is 8. The molecule has 0 heterocycles. The zero-order valence-corrected chi connectivity index (χ0v) is 18.8. The van der Waals surface area contributed by atoms with Crippen molar-refractivity contribution in [1.82, 2.24) is 0 Å². The van der Waals surface area contributed by atoms with Crippen LogP contribution in [-0.2, 0) is 0 Å². The van der Waals surface area contributed by atoms with Crippen LogP contribution in [0.1, 0.15) is 105 Å². The zero-order chi connectivity index (χ0) is 16.8. The molecule has 0 amide bonds. The summed E-state index contributed by atoms with van der Waals surface area (Å²) in [7, 11) is 7.72. The van der Waals surface area contributed by atoms with E-state index in [2.05, 4.69) is 27.7 Å². The van der Waals surface area contributed by atoms with E-state index >= 15 is 0 Å². The van der Waals surface area contributed by atoms with Gasteiger partial charge in [0.15, 0.2) is 0 Å². The molecule has 0 rings (SSSR count). The molecule has 0 aliphatic rings.